The van der Waals surface area contributed by atoms with Crippen molar-refractivity contribution in [3.05, 3.63) is 71.8 Å². The Morgan fingerprint density at radius 3 is 2.45 bits per heavy atom. The van der Waals surface area contributed by atoms with Crippen molar-refractivity contribution < 1.29 is 4.74 Å². The summed E-state index contributed by atoms with van der Waals surface area (Å²) in [7, 11) is 0. The summed E-state index contributed by atoms with van der Waals surface area (Å²) in [6.45, 7) is 4.59. The summed E-state index contributed by atoms with van der Waals surface area (Å²) in [5.41, 5.74) is 2.47. The van der Waals surface area contributed by atoms with Crippen LogP contribution in [-0.2, 0) is 6.54 Å². The van der Waals surface area contributed by atoms with Gasteiger partial charge in [-0.15, -0.1) is 0 Å². The molecule has 0 heterocycles. The van der Waals surface area contributed by atoms with E-state index < -0.39 is 0 Å². The number of ether oxygens (including phenoxy) is 1. The minimum atomic E-state index is 0.585. The summed E-state index contributed by atoms with van der Waals surface area (Å²) in [6, 6.07) is 18.5. The molecule has 0 radical (unpaired) electrons. The molecule has 20 heavy (non-hydrogen) atoms. The molecule has 0 saturated heterocycles. The van der Waals surface area contributed by atoms with E-state index in [-0.39, 0.29) is 0 Å². The Kier molecular flexibility index (Phi) is 5.87. The van der Waals surface area contributed by atoms with Crippen LogP contribution in [0.5, 0.6) is 5.75 Å². The number of hydrogen-bond donors (Lipinski definition) is 1. The molecular formula is C18H21NO. The maximum absolute atomic E-state index is 5.68. The van der Waals surface area contributed by atoms with Gasteiger partial charge >= 0.3 is 0 Å². The molecule has 2 heteroatoms. The van der Waals surface area contributed by atoms with E-state index in [4.69, 9.17) is 4.74 Å². The Balaban J connectivity index is 1.78. The molecule has 0 bridgehead atoms. The second-order valence-corrected chi connectivity index (χ2v) is 4.55. The monoisotopic (exact) mass is 267 g/mol. The molecule has 0 aliphatic carbocycles. The molecule has 0 aliphatic rings. The molecular weight excluding hydrogens is 246 g/mol. The van der Waals surface area contributed by atoms with E-state index in [0.717, 1.165) is 18.8 Å². The molecule has 0 spiro atoms. The first-order chi connectivity index (χ1) is 9.88. The lowest BCUT2D eigenvalue weighted by Crippen LogP contribution is -2.11. The number of benzene rings is 2. The van der Waals surface area contributed by atoms with E-state index in [9.17, 15) is 0 Å². The smallest absolute Gasteiger partial charge is 0.119 e. The van der Waals surface area contributed by atoms with Gasteiger partial charge in [0.05, 0.1) is 0 Å². The first kappa shape index (κ1) is 14.4. The SMILES string of the molecule is CCNCc1ccc(OC/C=C/c2ccccc2)cc1. The number of hydrogen-bond acceptors (Lipinski definition) is 2. The highest BCUT2D eigenvalue weighted by Gasteiger charge is 1.94. The normalized spacial score (nSPS) is 10.8. The summed E-state index contributed by atoms with van der Waals surface area (Å²) in [6.07, 6.45) is 4.10. The highest BCUT2D eigenvalue weighted by Crippen LogP contribution is 2.12. The third-order valence-corrected chi connectivity index (χ3v) is 2.96. The van der Waals surface area contributed by atoms with Crippen LogP contribution >= 0.6 is 0 Å². The van der Waals surface area contributed by atoms with Crippen LogP contribution in [0.25, 0.3) is 6.08 Å². The van der Waals surface area contributed by atoms with E-state index in [1.54, 1.807) is 0 Å². The van der Waals surface area contributed by atoms with Gasteiger partial charge in [0, 0.05) is 6.54 Å². The zero-order valence-electron chi connectivity index (χ0n) is 11.9. The summed E-state index contributed by atoms with van der Waals surface area (Å²) in [5.74, 6) is 0.906. The minimum absolute atomic E-state index is 0.585. The number of rotatable bonds is 7. The lowest BCUT2D eigenvalue weighted by Gasteiger charge is -2.05. The van der Waals surface area contributed by atoms with Gasteiger partial charge in [-0.1, -0.05) is 55.5 Å². The van der Waals surface area contributed by atoms with Crippen LogP contribution in [0.2, 0.25) is 0 Å². The fraction of sp³-hybridized carbons (Fsp3) is 0.222. The summed E-state index contributed by atoms with van der Waals surface area (Å²) in [5, 5.41) is 3.30. The van der Waals surface area contributed by atoms with Crippen LogP contribution in [0.3, 0.4) is 0 Å². The molecule has 0 atom stereocenters. The van der Waals surface area contributed by atoms with Crippen LogP contribution < -0.4 is 10.1 Å². The summed E-state index contributed by atoms with van der Waals surface area (Å²) in [4.78, 5) is 0. The predicted molar refractivity (Wildman–Crippen MR) is 84.8 cm³/mol. The van der Waals surface area contributed by atoms with E-state index in [1.165, 1.54) is 11.1 Å². The second-order valence-electron chi connectivity index (χ2n) is 4.55. The molecule has 2 aromatic carbocycles. The summed E-state index contributed by atoms with van der Waals surface area (Å²) < 4.78 is 5.68. The van der Waals surface area contributed by atoms with Gasteiger partial charge < -0.3 is 10.1 Å². The molecule has 104 valence electrons. The fourth-order valence-corrected chi connectivity index (χ4v) is 1.87. The van der Waals surface area contributed by atoms with Crippen molar-refractivity contribution >= 4 is 6.08 Å². The largest absolute Gasteiger partial charge is 0.490 e. The van der Waals surface area contributed by atoms with Crippen molar-refractivity contribution in [2.24, 2.45) is 0 Å². The quantitative estimate of drug-likeness (QED) is 0.821. The average molecular weight is 267 g/mol. The standard InChI is InChI=1S/C18H21NO/c1-2-19-15-17-10-12-18(13-11-17)20-14-6-9-16-7-4-3-5-8-16/h3-13,19H,2,14-15H2,1H3/b9-6+. The lowest BCUT2D eigenvalue weighted by atomic mass is 10.2. The van der Waals surface area contributed by atoms with Crippen molar-refractivity contribution in [3.8, 4) is 5.75 Å². The zero-order valence-corrected chi connectivity index (χ0v) is 11.9. The Hall–Kier alpha value is -2.06. The Bertz CT molecular complexity index is 517. The van der Waals surface area contributed by atoms with Crippen LogP contribution in [-0.4, -0.2) is 13.2 Å². The number of nitrogens with one attached hydrogen (secondary N) is 1. The molecule has 2 rings (SSSR count). The predicted octanol–water partition coefficient (Wildman–Crippen LogP) is 3.89. The van der Waals surface area contributed by atoms with Crippen LogP contribution in [0, 0.1) is 0 Å². The van der Waals surface area contributed by atoms with E-state index in [1.807, 2.05) is 36.4 Å². The van der Waals surface area contributed by atoms with Gasteiger partial charge in [-0.2, -0.15) is 0 Å². The summed E-state index contributed by atoms with van der Waals surface area (Å²) >= 11 is 0. The van der Waals surface area contributed by atoms with Gasteiger partial charge in [0.25, 0.3) is 0 Å². The molecule has 0 unspecified atom stereocenters. The van der Waals surface area contributed by atoms with Gasteiger partial charge in [0.15, 0.2) is 0 Å². The molecule has 0 aliphatic heterocycles. The van der Waals surface area contributed by atoms with Crippen LogP contribution in [0.15, 0.2) is 60.7 Å². The lowest BCUT2D eigenvalue weighted by molar-refractivity contribution is 0.363. The van der Waals surface area contributed by atoms with Crippen molar-refractivity contribution in [3.63, 3.8) is 0 Å². The van der Waals surface area contributed by atoms with Crippen molar-refractivity contribution in [1.29, 1.82) is 0 Å². The second kappa shape index (κ2) is 8.18. The average Bonchev–Trinajstić information content (AvgIpc) is 2.52. The van der Waals surface area contributed by atoms with Crippen molar-refractivity contribution in [2.75, 3.05) is 13.2 Å². The Morgan fingerprint density at radius 2 is 1.75 bits per heavy atom. The molecule has 0 aromatic heterocycles. The Labute approximate surface area is 121 Å². The fourth-order valence-electron chi connectivity index (χ4n) is 1.87. The van der Waals surface area contributed by atoms with Gasteiger partial charge in [0.2, 0.25) is 0 Å². The van der Waals surface area contributed by atoms with Crippen molar-refractivity contribution in [2.45, 2.75) is 13.5 Å². The molecule has 0 amide bonds. The first-order valence-corrected chi connectivity index (χ1v) is 7.02. The van der Waals surface area contributed by atoms with E-state index >= 15 is 0 Å². The molecule has 1 N–H and O–H groups in total. The minimum Gasteiger partial charge on any atom is -0.490 e. The van der Waals surface area contributed by atoms with Gasteiger partial charge in [-0.25, -0.2) is 0 Å². The molecule has 2 nitrogen and oxygen atoms in total. The first-order valence-electron chi connectivity index (χ1n) is 7.02. The van der Waals surface area contributed by atoms with Crippen LogP contribution in [0.1, 0.15) is 18.1 Å². The van der Waals surface area contributed by atoms with Gasteiger partial charge in [-0.05, 0) is 35.9 Å². The molecule has 0 fully saturated rings. The maximum Gasteiger partial charge on any atom is 0.119 e. The highest BCUT2D eigenvalue weighted by molar-refractivity contribution is 5.48. The van der Waals surface area contributed by atoms with Crippen LogP contribution in [0.4, 0.5) is 0 Å². The Morgan fingerprint density at radius 1 is 1.00 bits per heavy atom. The molecule has 2 aromatic rings. The third kappa shape index (κ3) is 4.90. The van der Waals surface area contributed by atoms with Crippen molar-refractivity contribution in [1.82, 2.24) is 5.32 Å². The topological polar surface area (TPSA) is 21.3 Å². The highest BCUT2D eigenvalue weighted by atomic mass is 16.5. The maximum atomic E-state index is 5.68. The third-order valence-electron chi connectivity index (χ3n) is 2.96. The van der Waals surface area contributed by atoms with Gasteiger partial charge in [-0.3, -0.25) is 0 Å². The zero-order chi connectivity index (χ0) is 14.0. The van der Waals surface area contributed by atoms with E-state index in [0.29, 0.717) is 6.61 Å². The molecule has 0 saturated carbocycles. The van der Waals surface area contributed by atoms with Gasteiger partial charge in [0.1, 0.15) is 12.4 Å². The van der Waals surface area contributed by atoms with E-state index in [2.05, 4.69) is 42.6 Å².